The number of piperazine rings is 1. The molecule has 4 rings (SSSR count). The molecule has 2 aromatic rings. The molecule has 0 unspecified atom stereocenters. The molecule has 120 valence electrons. The van der Waals surface area contributed by atoms with Crippen LogP contribution in [0.4, 0.5) is 17.5 Å². The van der Waals surface area contributed by atoms with Crippen LogP contribution in [0, 0.1) is 0 Å². The molecular formula is C15H18N6O2. The van der Waals surface area contributed by atoms with Crippen LogP contribution in [0.1, 0.15) is 0 Å². The Kier molecular flexibility index (Phi) is 3.58. The molecule has 1 aromatic carbocycles. The van der Waals surface area contributed by atoms with E-state index < -0.39 is 0 Å². The first-order valence-corrected chi connectivity index (χ1v) is 7.58. The molecule has 0 saturated carbocycles. The fourth-order valence-electron chi connectivity index (χ4n) is 2.64. The van der Waals surface area contributed by atoms with Crippen molar-refractivity contribution in [2.24, 2.45) is 0 Å². The average molecular weight is 314 g/mol. The average Bonchev–Trinajstić information content (AvgIpc) is 3.03. The summed E-state index contributed by atoms with van der Waals surface area (Å²) in [7, 11) is 2.13. The maximum Gasteiger partial charge on any atom is 0.249 e. The topological polar surface area (TPSA) is 75.6 Å². The van der Waals surface area contributed by atoms with Gasteiger partial charge < -0.3 is 24.6 Å². The lowest BCUT2D eigenvalue weighted by molar-refractivity contribution is 0.174. The Morgan fingerprint density at radius 3 is 2.78 bits per heavy atom. The second-order valence-electron chi connectivity index (χ2n) is 5.62. The predicted octanol–water partition coefficient (Wildman–Crippen LogP) is 1.10. The fraction of sp³-hybridized carbons (Fsp3) is 0.400. The van der Waals surface area contributed by atoms with Gasteiger partial charge in [0, 0.05) is 37.9 Å². The van der Waals surface area contributed by atoms with Gasteiger partial charge in [0.25, 0.3) is 0 Å². The summed E-state index contributed by atoms with van der Waals surface area (Å²) in [6.45, 7) is 4.19. The summed E-state index contributed by atoms with van der Waals surface area (Å²) in [6.07, 6.45) is 1.70. The van der Waals surface area contributed by atoms with E-state index >= 15 is 0 Å². The third-order valence-electron chi connectivity index (χ3n) is 4.00. The molecule has 0 radical (unpaired) electrons. The molecule has 1 N–H and O–H groups in total. The summed E-state index contributed by atoms with van der Waals surface area (Å²) in [6, 6.07) is 5.63. The number of nitrogens with zero attached hydrogens (tertiary/aromatic N) is 5. The van der Waals surface area contributed by atoms with Gasteiger partial charge in [0.2, 0.25) is 12.7 Å². The number of benzene rings is 1. The Hall–Kier alpha value is -2.61. The van der Waals surface area contributed by atoms with Crippen molar-refractivity contribution in [3.05, 3.63) is 24.4 Å². The highest BCUT2D eigenvalue weighted by atomic mass is 16.7. The van der Waals surface area contributed by atoms with Crippen LogP contribution in [-0.4, -0.2) is 60.1 Å². The molecule has 2 aliphatic heterocycles. The largest absolute Gasteiger partial charge is 0.454 e. The Morgan fingerprint density at radius 1 is 1.09 bits per heavy atom. The van der Waals surface area contributed by atoms with Gasteiger partial charge in [0.15, 0.2) is 17.3 Å². The van der Waals surface area contributed by atoms with Crippen LogP contribution in [-0.2, 0) is 0 Å². The van der Waals surface area contributed by atoms with Crippen molar-refractivity contribution in [3.63, 3.8) is 0 Å². The highest BCUT2D eigenvalue weighted by Crippen LogP contribution is 2.34. The maximum atomic E-state index is 5.37. The molecule has 0 spiro atoms. The molecule has 8 heteroatoms. The molecule has 0 aliphatic carbocycles. The van der Waals surface area contributed by atoms with E-state index in [1.165, 1.54) is 0 Å². The summed E-state index contributed by atoms with van der Waals surface area (Å²) in [5, 5.41) is 11.3. The lowest BCUT2D eigenvalue weighted by Crippen LogP contribution is -2.44. The number of nitrogens with one attached hydrogen (secondary N) is 1. The van der Waals surface area contributed by atoms with Gasteiger partial charge in [-0.2, -0.15) is 10.1 Å². The van der Waals surface area contributed by atoms with Gasteiger partial charge in [-0.05, 0) is 19.2 Å². The molecule has 1 saturated heterocycles. The molecule has 1 fully saturated rings. The first-order valence-electron chi connectivity index (χ1n) is 7.58. The number of aromatic nitrogens is 3. The summed E-state index contributed by atoms with van der Waals surface area (Å²) in [5.74, 6) is 2.79. The minimum Gasteiger partial charge on any atom is -0.454 e. The summed E-state index contributed by atoms with van der Waals surface area (Å²) >= 11 is 0. The van der Waals surface area contributed by atoms with Crippen LogP contribution >= 0.6 is 0 Å². The van der Waals surface area contributed by atoms with E-state index in [1.54, 1.807) is 6.20 Å². The molecule has 0 amide bonds. The Labute approximate surface area is 134 Å². The molecule has 2 aliphatic rings. The van der Waals surface area contributed by atoms with Crippen molar-refractivity contribution in [2.45, 2.75) is 0 Å². The van der Waals surface area contributed by atoms with Gasteiger partial charge in [-0.3, -0.25) is 0 Å². The summed E-state index contributed by atoms with van der Waals surface area (Å²) in [5.41, 5.74) is 0.839. The second-order valence-corrected chi connectivity index (χ2v) is 5.62. The third-order valence-corrected chi connectivity index (χ3v) is 4.00. The van der Waals surface area contributed by atoms with Crippen LogP contribution in [0.5, 0.6) is 11.5 Å². The number of hydrogen-bond donors (Lipinski definition) is 1. The molecule has 3 heterocycles. The van der Waals surface area contributed by atoms with Gasteiger partial charge in [-0.15, -0.1) is 5.10 Å². The van der Waals surface area contributed by atoms with Gasteiger partial charge >= 0.3 is 0 Å². The van der Waals surface area contributed by atoms with Crippen molar-refractivity contribution >= 4 is 17.5 Å². The van der Waals surface area contributed by atoms with E-state index in [0.717, 1.165) is 49.2 Å². The van der Waals surface area contributed by atoms with E-state index in [1.807, 2.05) is 18.2 Å². The lowest BCUT2D eigenvalue weighted by Gasteiger charge is -2.32. The zero-order valence-corrected chi connectivity index (χ0v) is 12.9. The van der Waals surface area contributed by atoms with E-state index in [0.29, 0.717) is 5.95 Å². The van der Waals surface area contributed by atoms with Crippen molar-refractivity contribution in [1.82, 2.24) is 20.1 Å². The Bertz CT molecular complexity index is 702. The minimum absolute atomic E-state index is 0.260. The lowest BCUT2D eigenvalue weighted by atomic mass is 10.3. The van der Waals surface area contributed by atoms with Crippen LogP contribution in [0.2, 0.25) is 0 Å². The Balaban J connectivity index is 1.50. The number of fused-ring (bicyclic) bond motifs is 1. The molecule has 0 atom stereocenters. The van der Waals surface area contributed by atoms with Crippen molar-refractivity contribution in [1.29, 1.82) is 0 Å². The standard InChI is InChI=1S/C15H18N6O2/c1-20-4-6-21(7-5-20)14-9-16-19-15(18-14)17-11-2-3-12-13(8-11)23-10-22-12/h2-3,8-9H,4-7,10H2,1H3,(H,17,18,19). The first-order chi connectivity index (χ1) is 11.3. The normalized spacial score (nSPS) is 17.3. The van der Waals surface area contributed by atoms with Crippen LogP contribution in [0.3, 0.4) is 0 Å². The van der Waals surface area contributed by atoms with Gasteiger partial charge in [0.1, 0.15) is 0 Å². The first kappa shape index (κ1) is 14.0. The molecule has 1 aromatic heterocycles. The predicted molar refractivity (Wildman–Crippen MR) is 85.4 cm³/mol. The smallest absolute Gasteiger partial charge is 0.249 e. The zero-order chi connectivity index (χ0) is 15.6. The molecular weight excluding hydrogens is 296 g/mol. The summed E-state index contributed by atoms with van der Waals surface area (Å²) in [4.78, 5) is 9.09. The SMILES string of the molecule is CN1CCN(c2cnnc(Nc3ccc4c(c3)OCO4)n2)CC1. The van der Waals surface area contributed by atoms with Crippen molar-refractivity contribution in [3.8, 4) is 11.5 Å². The number of rotatable bonds is 3. The van der Waals surface area contributed by atoms with Crippen LogP contribution in [0.25, 0.3) is 0 Å². The van der Waals surface area contributed by atoms with E-state index in [-0.39, 0.29) is 6.79 Å². The van der Waals surface area contributed by atoms with Crippen molar-refractivity contribution < 1.29 is 9.47 Å². The van der Waals surface area contributed by atoms with E-state index in [9.17, 15) is 0 Å². The zero-order valence-electron chi connectivity index (χ0n) is 12.9. The van der Waals surface area contributed by atoms with Gasteiger partial charge in [-0.1, -0.05) is 0 Å². The number of anilines is 3. The van der Waals surface area contributed by atoms with Gasteiger partial charge in [0.05, 0.1) is 6.20 Å². The maximum absolute atomic E-state index is 5.37. The minimum atomic E-state index is 0.260. The third kappa shape index (κ3) is 2.98. The molecule has 0 bridgehead atoms. The fourth-order valence-corrected chi connectivity index (χ4v) is 2.64. The monoisotopic (exact) mass is 314 g/mol. The molecule has 23 heavy (non-hydrogen) atoms. The highest BCUT2D eigenvalue weighted by molar-refractivity contribution is 5.60. The second kappa shape index (κ2) is 5.88. The van der Waals surface area contributed by atoms with Crippen molar-refractivity contribution in [2.75, 3.05) is 50.2 Å². The number of hydrogen-bond acceptors (Lipinski definition) is 8. The quantitative estimate of drug-likeness (QED) is 0.902. The van der Waals surface area contributed by atoms with E-state index in [2.05, 4.69) is 37.3 Å². The van der Waals surface area contributed by atoms with Gasteiger partial charge in [-0.25, -0.2) is 0 Å². The van der Waals surface area contributed by atoms with Crippen LogP contribution in [0.15, 0.2) is 24.4 Å². The number of likely N-dealkylation sites (N-methyl/N-ethyl adjacent to an activating group) is 1. The van der Waals surface area contributed by atoms with E-state index in [4.69, 9.17) is 9.47 Å². The number of ether oxygens (including phenoxy) is 2. The van der Waals surface area contributed by atoms with Crippen LogP contribution < -0.4 is 19.7 Å². The Morgan fingerprint density at radius 2 is 1.91 bits per heavy atom. The highest BCUT2D eigenvalue weighted by Gasteiger charge is 2.17. The molecule has 8 nitrogen and oxygen atoms in total. The summed E-state index contributed by atoms with van der Waals surface area (Å²) < 4.78 is 10.7.